The lowest BCUT2D eigenvalue weighted by Gasteiger charge is -2.28. The normalized spacial score (nSPS) is 13.0. The van der Waals surface area contributed by atoms with Gasteiger partial charge in [0.05, 0.1) is 23.7 Å². The Balaban J connectivity index is 1.48. The predicted octanol–water partition coefficient (Wildman–Crippen LogP) is 4.19. The molecule has 0 fully saturated rings. The number of nitrogens with zero attached hydrogens (tertiary/aromatic N) is 4. The number of anilines is 1. The molecule has 0 unspecified atom stereocenters. The van der Waals surface area contributed by atoms with E-state index in [9.17, 15) is 4.79 Å². The quantitative estimate of drug-likeness (QED) is 0.609. The van der Waals surface area contributed by atoms with Crippen LogP contribution in [0.3, 0.4) is 0 Å². The predicted molar refractivity (Wildman–Crippen MR) is 113 cm³/mol. The lowest BCUT2D eigenvalue weighted by Crippen LogP contribution is -2.43. The summed E-state index contributed by atoms with van der Waals surface area (Å²) in [5.74, 6) is 0.785. The molecular weight excluding hydrogens is 388 g/mol. The van der Waals surface area contributed by atoms with E-state index < -0.39 is 0 Å². The number of para-hydroxylation sites is 1. The first kappa shape index (κ1) is 19.5. The molecule has 0 N–H and O–H groups in total. The molecule has 3 aromatic rings. The molecule has 7 heteroatoms. The molecule has 6 nitrogen and oxygen atoms in total. The number of carbonyl (C=O) groups excluding carboxylic acids is 1. The number of benzene rings is 2. The second kappa shape index (κ2) is 8.25. The van der Waals surface area contributed by atoms with Crippen LogP contribution >= 0.6 is 11.6 Å². The number of fused-ring (bicyclic) bond motifs is 1. The molecule has 29 heavy (non-hydrogen) atoms. The van der Waals surface area contributed by atoms with Crippen LogP contribution in [0.5, 0.6) is 0 Å². The van der Waals surface area contributed by atoms with Crippen molar-refractivity contribution >= 4 is 23.2 Å². The van der Waals surface area contributed by atoms with Crippen LogP contribution in [0.4, 0.5) is 5.69 Å². The van der Waals surface area contributed by atoms with E-state index in [1.807, 2.05) is 44.2 Å². The van der Waals surface area contributed by atoms with Crippen molar-refractivity contribution in [3.8, 4) is 11.5 Å². The number of halogens is 1. The smallest absolute Gasteiger partial charge is 0.249 e. The highest BCUT2D eigenvalue weighted by molar-refractivity contribution is 6.33. The van der Waals surface area contributed by atoms with Gasteiger partial charge in [0, 0.05) is 18.3 Å². The first-order valence-corrected chi connectivity index (χ1v) is 10.1. The fourth-order valence-electron chi connectivity index (χ4n) is 3.59. The second-order valence-electron chi connectivity index (χ2n) is 7.40. The van der Waals surface area contributed by atoms with Crippen LogP contribution in [0.15, 0.2) is 52.9 Å². The van der Waals surface area contributed by atoms with Crippen molar-refractivity contribution in [2.45, 2.75) is 32.9 Å². The maximum atomic E-state index is 13.1. The number of amides is 1. The Morgan fingerprint density at radius 1 is 1.17 bits per heavy atom. The van der Waals surface area contributed by atoms with Gasteiger partial charge in [-0.2, -0.15) is 0 Å². The number of carbonyl (C=O) groups is 1. The fourth-order valence-corrected chi connectivity index (χ4v) is 3.81. The highest BCUT2D eigenvalue weighted by Gasteiger charge is 2.26. The SMILES string of the molecule is CC(C)N(Cc1nnc(-c2ccccc2Cl)o1)C(=O)CN1CCc2ccccc21. The average Bonchev–Trinajstić information content (AvgIpc) is 3.34. The van der Waals surface area contributed by atoms with Crippen molar-refractivity contribution < 1.29 is 9.21 Å². The Morgan fingerprint density at radius 3 is 2.72 bits per heavy atom. The summed E-state index contributed by atoms with van der Waals surface area (Å²) in [6.45, 7) is 5.43. The van der Waals surface area contributed by atoms with Crippen molar-refractivity contribution in [3.05, 3.63) is 65.0 Å². The van der Waals surface area contributed by atoms with Gasteiger partial charge in [-0.15, -0.1) is 10.2 Å². The molecule has 0 saturated heterocycles. The van der Waals surface area contributed by atoms with E-state index in [-0.39, 0.29) is 18.5 Å². The molecule has 0 aliphatic carbocycles. The van der Waals surface area contributed by atoms with Crippen LogP contribution in [0.1, 0.15) is 25.3 Å². The number of hydrogen-bond donors (Lipinski definition) is 0. The second-order valence-corrected chi connectivity index (χ2v) is 7.80. The van der Waals surface area contributed by atoms with Crippen LogP contribution in [-0.4, -0.2) is 40.1 Å². The Labute approximate surface area is 175 Å². The Morgan fingerprint density at radius 2 is 1.93 bits per heavy atom. The monoisotopic (exact) mass is 410 g/mol. The largest absolute Gasteiger partial charge is 0.419 e. The average molecular weight is 411 g/mol. The minimum Gasteiger partial charge on any atom is -0.419 e. The summed E-state index contributed by atoms with van der Waals surface area (Å²) < 4.78 is 5.79. The molecule has 0 atom stereocenters. The van der Waals surface area contributed by atoms with E-state index in [0.29, 0.717) is 28.9 Å². The number of aromatic nitrogens is 2. The van der Waals surface area contributed by atoms with Crippen molar-refractivity contribution in [1.82, 2.24) is 15.1 Å². The van der Waals surface area contributed by atoms with E-state index in [2.05, 4.69) is 27.2 Å². The third-order valence-electron chi connectivity index (χ3n) is 5.13. The van der Waals surface area contributed by atoms with Crippen LogP contribution in [0.2, 0.25) is 5.02 Å². The van der Waals surface area contributed by atoms with Gasteiger partial charge >= 0.3 is 0 Å². The van der Waals surface area contributed by atoms with Gasteiger partial charge in [0.15, 0.2) is 0 Å². The molecule has 0 bridgehead atoms. The van der Waals surface area contributed by atoms with Crippen molar-refractivity contribution in [1.29, 1.82) is 0 Å². The van der Waals surface area contributed by atoms with Crippen molar-refractivity contribution in [3.63, 3.8) is 0 Å². The van der Waals surface area contributed by atoms with Gasteiger partial charge in [0.25, 0.3) is 0 Å². The molecule has 1 amide bonds. The van der Waals surface area contributed by atoms with Gasteiger partial charge in [-0.05, 0) is 44.0 Å². The Bertz CT molecular complexity index is 1020. The zero-order chi connectivity index (χ0) is 20.4. The van der Waals surface area contributed by atoms with Crippen LogP contribution < -0.4 is 4.90 Å². The summed E-state index contributed by atoms with van der Waals surface area (Å²) in [5, 5.41) is 8.77. The highest BCUT2D eigenvalue weighted by atomic mass is 35.5. The Hall–Kier alpha value is -2.86. The minimum absolute atomic E-state index is 0.0102. The summed E-state index contributed by atoms with van der Waals surface area (Å²) >= 11 is 6.21. The van der Waals surface area contributed by atoms with E-state index >= 15 is 0 Å². The molecular formula is C22H23ClN4O2. The summed E-state index contributed by atoms with van der Waals surface area (Å²) in [5.41, 5.74) is 3.12. The van der Waals surface area contributed by atoms with Gasteiger partial charge in [-0.3, -0.25) is 4.79 Å². The molecule has 0 radical (unpaired) electrons. The fraction of sp³-hybridized carbons (Fsp3) is 0.318. The van der Waals surface area contributed by atoms with E-state index in [1.54, 1.807) is 11.0 Å². The van der Waals surface area contributed by atoms with E-state index in [1.165, 1.54) is 5.56 Å². The van der Waals surface area contributed by atoms with Gasteiger partial charge in [0.2, 0.25) is 17.7 Å². The number of rotatable bonds is 6. The topological polar surface area (TPSA) is 62.5 Å². The van der Waals surface area contributed by atoms with Gasteiger partial charge < -0.3 is 14.2 Å². The van der Waals surface area contributed by atoms with Crippen molar-refractivity contribution in [2.24, 2.45) is 0 Å². The zero-order valence-corrected chi connectivity index (χ0v) is 17.3. The molecule has 150 valence electrons. The summed E-state index contributed by atoms with van der Waals surface area (Å²) in [7, 11) is 0. The van der Waals surface area contributed by atoms with Gasteiger partial charge in [-0.25, -0.2) is 0 Å². The first-order valence-electron chi connectivity index (χ1n) is 9.72. The minimum atomic E-state index is 0.0102. The lowest BCUT2D eigenvalue weighted by molar-refractivity contribution is -0.132. The summed E-state index contributed by atoms with van der Waals surface area (Å²) in [4.78, 5) is 17.0. The highest BCUT2D eigenvalue weighted by Crippen LogP contribution is 2.28. The van der Waals surface area contributed by atoms with Crippen molar-refractivity contribution in [2.75, 3.05) is 18.0 Å². The molecule has 0 spiro atoms. The van der Waals surface area contributed by atoms with E-state index in [4.69, 9.17) is 16.0 Å². The van der Waals surface area contributed by atoms with Gasteiger partial charge in [0.1, 0.15) is 0 Å². The van der Waals surface area contributed by atoms with Gasteiger partial charge in [-0.1, -0.05) is 41.9 Å². The lowest BCUT2D eigenvalue weighted by atomic mass is 10.2. The third kappa shape index (κ3) is 4.12. The zero-order valence-electron chi connectivity index (χ0n) is 16.5. The van der Waals surface area contributed by atoms with Crippen LogP contribution in [0.25, 0.3) is 11.5 Å². The molecule has 1 aliphatic rings. The molecule has 1 aliphatic heterocycles. The molecule has 2 heterocycles. The molecule has 2 aromatic carbocycles. The first-order chi connectivity index (χ1) is 14.0. The Kier molecular flexibility index (Phi) is 5.53. The van der Waals surface area contributed by atoms with Crippen LogP contribution in [0, 0.1) is 0 Å². The maximum absolute atomic E-state index is 13.1. The summed E-state index contributed by atoms with van der Waals surface area (Å²) in [6, 6.07) is 15.6. The van der Waals surface area contributed by atoms with Crippen LogP contribution in [-0.2, 0) is 17.8 Å². The third-order valence-corrected chi connectivity index (χ3v) is 5.46. The molecule has 0 saturated carbocycles. The molecule has 4 rings (SSSR count). The standard InChI is InChI=1S/C22H23ClN4O2/c1-15(2)27(21(28)14-26-12-11-16-7-3-6-10-19(16)26)13-20-24-25-22(29-20)17-8-4-5-9-18(17)23/h3-10,15H,11-14H2,1-2H3. The number of hydrogen-bond acceptors (Lipinski definition) is 5. The maximum Gasteiger partial charge on any atom is 0.249 e. The molecule has 1 aromatic heterocycles. The summed E-state index contributed by atoms with van der Waals surface area (Å²) in [6.07, 6.45) is 0.968. The van der Waals surface area contributed by atoms with E-state index in [0.717, 1.165) is 18.7 Å².